The van der Waals surface area contributed by atoms with Crippen molar-refractivity contribution in [1.29, 1.82) is 0 Å². The molecule has 1 saturated carbocycles. The number of hydrogen-bond acceptors (Lipinski definition) is 3. The third-order valence-electron chi connectivity index (χ3n) is 3.03. The van der Waals surface area contributed by atoms with Gasteiger partial charge in [-0.2, -0.15) is 5.10 Å². The predicted octanol–water partition coefficient (Wildman–Crippen LogP) is 0.415. The van der Waals surface area contributed by atoms with Gasteiger partial charge in [0.25, 0.3) is 0 Å². The fourth-order valence-electron chi connectivity index (χ4n) is 1.89. The van der Waals surface area contributed by atoms with E-state index in [0.717, 1.165) is 25.0 Å². The first-order valence-corrected chi connectivity index (χ1v) is 5.61. The number of nitrogens with one attached hydrogen (secondary N) is 1. The van der Waals surface area contributed by atoms with Crippen molar-refractivity contribution >= 4 is 5.97 Å². The number of hydrogen-bond donors (Lipinski definition) is 2. The minimum absolute atomic E-state index is 0.337. The van der Waals surface area contributed by atoms with Crippen LogP contribution in [0.25, 0.3) is 0 Å². The molecular formula is C11H17N3O2. The normalized spacial score (nSPS) is 17.3. The fourth-order valence-corrected chi connectivity index (χ4v) is 1.89. The van der Waals surface area contributed by atoms with Crippen LogP contribution in [0.5, 0.6) is 0 Å². The summed E-state index contributed by atoms with van der Waals surface area (Å²) >= 11 is 0. The van der Waals surface area contributed by atoms with Gasteiger partial charge in [-0.3, -0.25) is 9.48 Å². The lowest BCUT2D eigenvalue weighted by atomic mass is 10.2. The van der Waals surface area contributed by atoms with Gasteiger partial charge in [0.2, 0.25) is 0 Å². The second kappa shape index (κ2) is 4.65. The molecule has 88 valence electrons. The largest absolute Gasteiger partial charge is 0.480 e. The maximum atomic E-state index is 11.0. The van der Waals surface area contributed by atoms with Crippen LogP contribution >= 0.6 is 0 Å². The molecule has 0 aliphatic heterocycles. The quantitative estimate of drug-likeness (QED) is 0.733. The zero-order chi connectivity index (χ0) is 11.5. The number of carbonyl (C=O) groups is 1. The summed E-state index contributed by atoms with van der Waals surface area (Å²) in [6, 6.07) is 1.59. The van der Waals surface area contributed by atoms with Crippen molar-refractivity contribution in [1.82, 2.24) is 15.1 Å². The van der Waals surface area contributed by atoms with E-state index in [1.54, 1.807) is 6.20 Å². The van der Waals surface area contributed by atoms with Gasteiger partial charge in [0.1, 0.15) is 6.04 Å². The number of rotatable bonds is 6. The van der Waals surface area contributed by atoms with E-state index < -0.39 is 5.97 Å². The molecule has 0 saturated heterocycles. The van der Waals surface area contributed by atoms with Gasteiger partial charge in [-0.1, -0.05) is 0 Å². The minimum Gasteiger partial charge on any atom is -0.480 e. The van der Waals surface area contributed by atoms with Crippen molar-refractivity contribution in [2.24, 2.45) is 13.0 Å². The molecule has 16 heavy (non-hydrogen) atoms. The van der Waals surface area contributed by atoms with Crippen LogP contribution in [0.4, 0.5) is 0 Å². The molecule has 1 fully saturated rings. The summed E-state index contributed by atoms with van der Waals surface area (Å²) in [6.45, 7) is 0.687. The summed E-state index contributed by atoms with van der Waals surface area (Å²) in [5, 5.41) is 16.2. The van der Waals surface area contributed by atoms with E-state index in [0.29, 0.717) is 12.5 Å². The Morgan fingerprint density at radius 3 is 3.00 bits per heavy atom. The summed E-state index contributed by atoms with van der Waals surface area (Å²) in [5.41, 5.74) is 1.12. The second-order valence-corrected chi connectivity index (χ2v) is 4.30. The number of nitrogens with zero attached hydrogens (tertiary/aromatic N) is 2. The van der Waals surface area contributed by atoms with Crippen molar-refractivity contribution in [3.8, 4) is 0 Å². The van der Waals surface area contributed by atoms with Crippen LogP contribution < -0.4 is 5.32 Å². The molecule has 1 aromatic rings. The van der Waals surface area contributed by atoms with Crippen molar-refractivity contribution < 1.29 is 9.90 Å². The smallest absolute Gasteiger partial charge is 0.320 e. The van der Waals surface area contributed by atoms with Gasteiger partial charge in [-0.15, -0.1) is 0 Å². The lowest BCUT2D eigenvalue weighted by Gasteiger charge is -2.13. The average Bonchev–Trinajstić information content (AvgIpc) is 2.98. The van der Waals surface area contributed by atoms with Gasteiger partial charge in [-0.05, 0) is 24.8 Å². The molecular weight excluding hydrogens is 206 g/mol. The molecule has 1 heterocycles. The zero-order valence-electron chi connectivity index (χ0n) is 9.39. The van der Waals surface area contributed by atoms with E-state index >= 15 is 0 Å². The van der Waals surface area contributed by atoms with Crippen LogP contribution in [0.2, 0.25) is 0 Å². The number of carboxylic acids is 1. The molecule has 1 unspecified atom stereocenters. The van der Waals surface area contributed by atoms with Crippen molar-refractivity contribution in [2.45, 2.75) is 25.3 Å². The number of aromatic nitrogens is 2. The topological polar surface area (TPSA) is 67.2 Å². The van der Waals surface area contributed by atoms with E-state index in [1.165, 1.54) is 0 Å². The second-order valence-electron chi connectivity index (χ2n) is 4.30. The van der Waals surface area contributed by atoms with E-state index in [-0.39, 0.29) is 6.04 Å². The van der Waals surface area contributed by atoms with Crippen LogP contribution in [-0.2, 0) is 18.3 Å². The number of carboxylic acid groups (broad SMARTS) is 1. The molecule has 2 rings (SSSR count). The van der Waals surface area contributed by atoms with Gasteiger partial charge < -0.3 is 10.4 Å². The highest BCUT2D eigenvalue weighted by atomic mass is 16.4. The van der Waals surface area contributed by atoms with E-state index in [9.17, 15) is 4.79 Å². The summed E-state index contributed by atoms with van der Waals surface area (Å²) < 4.78 is 1.81. The Labute approximate surface area is 94.5 Å². The Morgan fingerprint density at radius 2 is 2.50 bits per heavy atom. The zero-order valence-corrected chi connectivity index (χ0v) is 9.39. The third kappa shape index (κ3) is 2.61. The standard InChI is InChI=1S/C11H17N3O2/c1-14-9(5-7-13-14)4-6-12-10(11(15)16)8-2-3-8/h5,7-8,10,12H,2-4,6H2,1H3,(H,15,16). The SMILES string of the molecule is Cn1nccc1CCNC(C(=O)O)C1CC1. The van der Waals surface area contributed by atoms with Gasteiger partial charge in [-0.25, -0.2) is 0 Å². The number of aliphatic carboxylic acids is 1. The maximum Gasteiger partial charge on any atom is 0.320 e. The Kier molecular flexibility index (Phi) is 3.24. The molecule has 1 aliphatic rings. The molecule has 1 aromatic heterocycles. The molecule has 1 atom stereocenters. The molecule has 0 bridgehead atoms. The lowest BCUT2D eigenvalue weighted by molar-refractivity contribution is -0.140. The molecule has 0 aromatic carbocycles. The van der Waals surface area contributed by atoms with Crippen molar-refractivity contribution in [3.05, 3.63) is 18.0 Å². The predicted molar refractivity (Wildman–Crippen MR) is 59.1 cm³/mol. The van der Waals surface area contributed by atoms with Crippen LogP contribution in [0.1, 0.15) is 18.5 Å². The molecule has 0 radical (unpaired) electrons. The first kappa shape index (κ1) is 11.1. The van der Waals surface area contributed by atoms with E-state index in [4.69, 9.17) is 5.11 Å². The number of aryl methyl sites for hydroxylation is 1. The summed E-state index contributed by atoms with van der Waals surface area (Å²) in [7, 11) is 1.89. The Balaban J connectivity index is 1.78. The van der Waals surface area contributed by atoms with Gasteiger partial charge in [0.05, 0.1) is 0 Å². The summed E-state index contributed by atoms with van der Waals surface area (Å²) in [5.74, 6) is -0.392. The van der Waals surface area contributed by atoms with E-state index in [1.807, 2.05) is 17.8 Å². The molecule has 0 amide bonds. The minimum atomic E-state index is -0.729. The summed E-state index contributed by atoms with van der Waals surface area (Å²) in [4.78, 5) is 11.0. The first-order valence-electron chi connectivity index (χ1n) is 5.61. The van der Waals surface area contributed by atoms with E-state index in [2.05, 4.69) is 10.4 Å². The Hall–Kier alpha value is -1.36. The Bertz CT molecular complexity index is 371. The average molecular weight is 223 g/mol. The van der Waals surface area contributed by atoms with Crippen LogP contribution in [0.15, 0.2) is 12.3 Å². The maximum absolute atomic E-state index is 11.0. The third-order valence-corrected chi connectivity index (χ3v) is 3.03. The van der Waals surface area contributed by atoms with Crippen LogP contribution in [0.3, 0.4) is 0 Å². The summed E-state index contributed by atoms with van der Waals surface area (Å²) in [6.07, 6.45) is 4.64. The lowest BCUT2D eigenvalue weighted by Crippen LogP contribution is -2.39. The highest BCUT2D eigenvalue weighted by molar-refractivity contribution is 5.74. The first-order chi connectivity index (χ1) is 7.68. The van der Waals surface area contributed by atoms with Gasteiger partial charge >= 0.3 is 5.97 Å². The van der Waals surface area contributed by atoms with Gasteiger partial charge in [0, 0.05) is 31.9 Å². The van der Waals surface area contributed by atoms with Gasteiger partial charge in [0.15, 0.2) is 0 Å². The molecule has 5 heteroatoms. The Morgan fingerprint density at radius 1 is 1.75 bits per heavy atom. The monoisotopic (exact) mass is 223 g/mol. The van der Waals surface area contributed by atoms with Crippen LogP contribution in [-0.4, -0.2) is 33.4 Å². The molecule has 0 spiro atoms. The molecule has 1 aliphatic carbocycles. The fraction of sp³-hybridized carbons (Fsp3) is 0.636. The van der Waals surface area contributed by atoms with Crippen molar-refractivity contribution in [2.75, 3.05) is 6.54 Å². The van der Waals surface area contributed by atoms with Crippen molar-refractivity contribution in [3.63, 3.8) is 0 Å². The molecule has 5 nitrogen and oxygen atoms in total. The highest BCUT2D eigenvalue weighted by Gasteiger charge is 2.35. The molecule has 2 N–H and O–H groups in total. The highest BCUT2D eigenvalue weighted by Crippen LogP contribution is 2.32. The van der Waals surface area contributed by atoms with Crippen LogP contribution in [0, 0.1) is 5.92 Å².